The third kappa shape index (κ3) is 3.12. The zero-order valence-electron chi connectivity index (χ0n) is 8.89. The van der Waals surface area contributed by atoms with Crippen molar-refractivity contribution < 1.29 is 18.8 Å². The van der Waals surface area contributed by atoms with Gasteiger partial charge < -0.3 is 14.0 Å². The van der Waals surface area contributed by atoms with Crippen molar-refractivity contribution in [2.45, 2.75) is 12.5 Å². The van der Waals surface area contributed by atoms with Crippen molar-refractivity contribution >= 4 is 36.2 Å². The molecule has 92 valence electrons. The molecule has 1 unspecified atom stereocenters. The smallest absolute Gasteiger partial charge is 0.198 e. The summed E-state index contributed by atoms with van der Waals surface area (Å²) in [5.74, 6) is 0.283. The van der Waals surface area contributed by atoms with Crippen LogP contribution < -0.4 is 4.74 Å². The lowest BCUT2D eigenvalue weighted by molar-refractivity contribution is 0.0558. The maximum Gasteiger partial charge on any atom is 0.198 e. The van der Waals surface area contributed by atoms with Crippen LogP contribution in [0.2, 0.25) is 0 Å². The van der Waals surface area contributed by atoms with E-state index in [0.717, 1.165) is 12.0 Å². The summed E-state index contributed by atoms with van der Waals surface area (Å²) in [4.78, 5) is 11.7. The van der Waals surface area contributed by atoms with Gasteiger partial charge in [0.1, 0.15) is 12.4 Å². The summed E-state index contributed by atoms with van der Waals surface area (Å²) in [5.41, 5.74) is 1.46. The maximum atomic E-state index is 11.7. The Morgan fingerprint density at radius 1 is 1.59 bits per heavy atom. The van der Waals surface area contributed by atoms with Gasteiger partial charge in [0, 0.05) is 21.2 Å². The number of fused-ring (bicyclic) bond motifs is 1. The summed E-state index contributed by atoms with van der Waals surface area (Å²) >= 11 is 2.06. The number of carbonyl (C=O) groups is 1. The van der Waals surface area contributed by atoms with E-state index in [0.29, 0.717) is 17.9 Å². The first kappa shape index (κ1) is 13.1. The van der Waals surface area contributed by atoms with Gasteiger partial charge in [0.2, 0.25) is 0 Å². The Morgan fingerprint density at radius 2 is 2.41 bits per heavy atom. The molecule has 1 aliphatic heterocycles. The molecule has 0 aliphatic carbocycles. The number of hydrogen-bond donors (Lipinski definition) is 1. The Kier molecular flexibility index (Phi) is 4.66. The molecule has 0 amide bonds. The van der Waals surface area contributed by atoms with Crippen LogP contribution in [0, 0.1) is 0 Å². The standard InChI is InChI=1S/C11H11IO4S/c12-17-16-4-3-7-1-2-10-8(5-7)11(14)9(13)6-15-10/h1-2,5,9,13H,3-4,6H2. The van der Waals surface area contributed by atoms with Gasteiger partial charge in [-0.3, -0.25) is 4.79 Å². The number of carbonyl (C=O) groups excluding carboxylic acids is 1. The van der Waals surface area contributed by atoms with Gasteiger partial charge in [-0.25, -0.2) is 0 Å². The zero-order valence-corrected chi connectivity index (χ0v) is 11.9. The minimum Gasteiger partial charge on any atom is -0.490 e. The van der Waals surface area contributed by atoms with E-state index in [9.17, 15) is 9.90 Å². The molecular weight excluding hydrogens is 355 g/mol. The molecule has 17 heavy (non-hydrogen) atoms. The lowest BCUT2D eigenvalue weighted by atomic mass is 9.99. The van der Waals surface area contributed by atoms with Crippen molar-refractivity contribution in [2.24, 2.45) is 0 Å². The second-order valence-electron chi connectivity index (χ2n) is 3.66. The molecule has 0 saturated heterocycles. The second kappa shape index (κ2) is 6.03. The van der Waals surface area contributed by atoms with Crippen molar-refractivity contribution in [3.05, 3.63) is 29.3 Å². The highest BCUT2D eigenvalue weighted by Crippen LogP contribution is 2.26. The van der Waals surface area contributed by atoms with Crippen LogP contribution in [-0.4, -0.2) is 30.2 Å². The number of benzene rings is 1. The number of halogens is 1. The lowest BCUT2D eigenvalue weighted by Gasteiger charge is -2.20. The molecule has 1 aliphatic rings. The first-order chi connectivity index (χ1) is 8.22. The molecule has 0 fully saturated rings. The summed E-state index contributed by atoms with van der Waals surface area (Å²) < 4.78 is 10.4. The van der Waals surface area contributed by atoms with Gasteiger partial charge in [0.05, 0.1) is 21.4 Å². The lowest BCUT2D eigenvalue weighted by Crippen LogP contribution is -2.32. The fourth-order valence-electron chi connectivity index (χ4n) is 1.67. The van der Waals surface area contributed by atoms with Gasteiger partial charge in [-0.1, -0.05) is 6.07 Å². The van der Waals surface area contributed by atoms with Crippen molar-refractivity contribution in [1.82, 2.24) is 0 Å². The molecule has 0 radical (unpaired) electrons. The summed E-state index contributed by atoms with van der Waals surface area (Å²) in [6.45, 7) is 0.629. The monoisotopic (exact) mass is 366 g/mol. The van der Waals surface area contributed by atoms with E-state index in [1.54, 1.807) is 12.1 Å². The molecular formula is C11H11IO4S. The molecule has 0 bridgehead atoms. The maximum absolute atomic E-state index is 11.7. The number of ether oxygens (including phenoxy) is 1. The highest BCUT2D eigenvalue weighted by atomic mass is 127. The van der Waals surface area contributed by atoms with Crippen LogP contribution in [0.25, 0.3) is 0 Å². The molecule has 1 atom stereocenters. The number of Topliss-reactive ketones (excluding diaryl/α,β-unsaturated/α-hetero) is 1. The fourth-order valence-corrected chi connectivity index (χ4v) is 2.35. The molecule has 2 rings (SSSR count). The SMILES string of the molecule is O=C1c2cc(CCOSI)ccc2OCC1O. The van der Waals surface area contributed by atoms with Crippen molar-refractivity contribution in [3.63, 3.8) is 0 Å². The van der Waals surface area contributed by atoms with Gasteiger partial charge >= 0.3 is 0 Å². The van der Waals surface area contributed by atoms with E-state index < -0.39 is 6.10 Å². The molecule has 4 nitrogen and oxygen atoms in total. The molecule has 1 aromatic carbocycles. The molecule has 1 heterocycles. The first-order valence-corrected chi connectivity index (χ1v) is 8.39. The number of rotatable bonds is 4. The van der Waals surface area contributed by atoms with Gasteiger partial charge in [-0.15, -0.1) is 0 Å². The molecule has 0 saturated carbocycles. The minimum atomic E-state index is -1.04. The highest BCUT2D eigenvalue weighted by molar-refractivity contribution is 14.2. The van der Waals surface area contributed by atoms with Crippen LogP contribution in [0.3, 0.4) is 0 Å². The quantitative estimate of drug-likeness (QED) is 0.503. The molecule has 0 spiro atoms. The van der Waals surface area contributed by atoms with Crippen LogP contribution in [0.1, 0.15) is 15.9 Å². The van der Waals surface area contributed by atoms with Gasteiger partial charge in [0.15, 0.2) is 11.9 Å². The fraction of sp³-hybridized carbons (Fsp3) is 0.364. The van der Waals surface area contributed by atoms with E-state index in [2.05, 4.69) is 21.2 Å². The van der Waals surface area contributed by atoms with Crippen LogP contribution in [-0.2, 0) is 10.6 Å². The Morgan fingerprint density at radius 3 is 3.18 bits per heavy atom. The van der Waals surface area contributed by atoms with Gasteiger partial charge in [0.25, 0.3) is 0 Å². The number of ketones is 1. The zero-order chi connectivity index (χ0) is 12.3. The molecule has 1 aromatic rings. The van der Waals surface area contributed by atoms with E-state index in [4.69, 9.17) is 8.92 Å². The van der Waals surface area contributed by atoms with Crippen molar-refractivity contribution in [2.75, 3.05) is 13.2 Å². The largest absolute Gasteiger partial charge is 0.490 e. The highest BCUT2D eigenvalue weighted by Gasteiger charge is 2.26. The molecule has 0 aromatic heterocycles. The second-order valence-corrected chi connectivity index (χ2v) is 5.10. The average Bonchev–Trinajstić information content (AvgIpc) is 2.35. The average molecular weight is 366 g/mol. The minimum absolute atomic E-state index is 0.0414. The third-order valence-electron chi connectivity index (χ3n) is 2.53. The Bertz CT molecular complexity index is 424. The van der Waals surface area contributed by atoms with E-state index in [1.807, 2.05) is 6.07 Å². The number of aliphatic hydroxyl groups is 1. The van der Waals surface area contributed by atoms with Crippen LogP contribution in [0.4, 0.5) is 0 Å². The normalized spacial score (nSPS) is 18.7. The number of aliphatic hydroxyl groups excluding tert-OH is 1. The van der Waals surface area contributed by atoms with Crippen molar-refractivity contribution in [3.8, 4) is 5.75 Å². The predicted octanol–water partition coefficient (Wildman–Crippen LogP) is 2.18. The van der Waals surface area contributed by atoms with Gasteiger partial charge in [-0.2, -0.15) is 0 Å². The van der Waals surface area contributed by atoms with E-state index >= 15 is 0 Å². The summed E-state index contributed by atoms with van der Waals surface area (Å²) in [7, 11) is 1.29. The Labute approximate surface area is 115 Å². The van der Waals surface area contributed by atoms with Crippen LogP contribution in [0.5, 0.6) is 5.75 Å². The van der Waals surface area contributed by atoms with Gasteiger partial charge in [-0.05, 0) is 24.1 Å². The molecule has 6 heteroatoms. The van der Waals surface area contributed by atoms with Crippen molar-refractivity contribution in [1.29, 1.82) is 0 Å². The Hall–Kier alpha value is -0.310. The summed E-state index contributed by atoms with van der Waals surface area (Å²) in [6.07, 6.45) is -0.314. The first-order valence-electron chi connectivity index (χ1n) is 5.10. The third-order valence-corrected chi connectivity index (χ3v) is 3.55. The number of hydrogen-bond acceptors (Lipinski definition) is 5. The van der Waals surface area contributed by atoms with E-state index in [1.165, 1.54) is 9.21 Å². The predicted molar refractivity (Wildman–Crippen MR) is 73.5 cm³/mol. The topological polar surface area (TPSA) is 55.8 Å². The Balaban J connectivity index is 2.15. The molecule has 1 N–H and O–H groups in total. The van der Waals surface area contributed by atoms with Crippen LogP contribution >= 0.6 is 30.4 Å². The van der Waals surface area contributed by atoms with Crippen LogP contribution in [0.15, 0.2) is 18.2 Å². The van der Waals surface area contributed by atoms with E-state index in [-0.39, 0.29) is 12.4 Å². The summed E-state index contributed by atoms with van der Waals surface area (Å²) in [5, 5.41) is 9.43. The summed E-state index contributed by atoms with van der Waals surface area (Å²) in [6, 6.07) is 5.44.